The van der Waals surface area contributed by atoms with Crippen LogP contribution in [0.15, 0.2) is 59.0 Å². The van der Waals surface area contributed by atoms with Crippen LogP contribution in [-0.2, 0) is 0 Å². The molecule has 4 nitrogen and oxygen atoms in total. The Morgan fingerprint density at radius 1 is 0.962 bits per heavy atom. The van der Waals surface area contributed by atoms with E-state index in [-0.39, 0.29) is 0 Å². The van der Waals surface area contributed by atoms with Crippen LogP contribution in [0.5, 0.6) is 5.75 Å². The van der Waals surface area contributed by atoms with E-state index >= 15 is 0 Å². The molecule has 0 fully saturated rings. The molecule has 1 aromatic heterocycles. The number of halogens is 2. The van der Waals surface area contributed by atoms with Crippen LogP contribution in [0.25, 0.3) is 33.7 Å². The van der Waals surface area contributed by atoms with Crippen LogP contribution in [0.4, 0.5) is 5.69 Å². The number of hydrogen-bond donors (Lipinski definition) is 1. The van der Waals surface area contributed by atoms with Crippen LogP contribution in [-0.4, -0.2) is 12.1 Å². The maximum Gasteiger partial charge on any atom is 0.227 e. The fraction of sp³-hybridized carbons (Fsp3) is 0.0500. The first kappa shape index (κ1) is 16.8. The average molecular weight is 385 g/mol. The van der Waals surface area contributed by atoms with E-state index in [4.69, 9.17) is 38.1 Å². The molecular formula is C20H14Cl2N2O2. The highest BCUT2D eigenvalue weighted by Gasteiger charge is 2.12. The van der Waals surface area contributed by atoms with Crippen molar-refractivity contribution in [3.8, 4) is 28.3 Å². The van der Waals surface area contributed by atoms with Crippen LogP contribution in [0.2, 0.25) is 10.0 Å². The van der Waals surface area contributed by atoms with Gasteiger partial charge in [-0.1, -0.05) is 35.3 Å². The van der Waals surface area contributed by atoms with Crippen LogP contribution in [0.3, 0.4) is 0 Å². The highest BCUT2D eigenvalue weighted by molar-refractivity contribution is 6.36. The second-order valence-electron chi connectivity index (χ2n) is 5.78. The van der Waals surface area contributed by atoms with Crippen molar-refractivity contribution in [2.45, 2.75) is 0 Å². The van der Waals surface area contributed by atoms with Gasteiger partial charge in [0.1, 0.15) is 11.3 Å². The number of fused-ring (bicyclic) bond motifs is 1. The maximum atomic E-state index is 6.31. The first-order chi connectivity index (χ1) is 12.5. The summed E-state index contributed by atoms with van der Waals surface area (Å²) in [7, 11) is 1.58. The number of anilines is 1. The molecule has 0 spiro atoms. The Morgan fingerprint density at radius 3 is 2.50 bits per heavy atom. The highest BCUT2D eigenvalue weighted by Crippen LogP contribution is 2.34. The van der Waals surface area contributed by atoms with Gasteiger partial charge in [0, 0.05) is 21.2 Å². The van der Waals surface area contributed by atoms with Crippen molar-refractivity contribution >= 4 is 40.0 Å². The third-order valence-electron chi connectivity index (χ3n) is 4.11. The summed E-state index contributed by atoms with van der Waals surface area (Å²) in [6.07, 6.45) is 0. The fourth-order valence-corrected chi connectivity index (χ4v) is 3.33. The minimum Gasteiger partial charge on any atom is -0.495 e. The lowest BCUT2D eigenvalue weighted by Crippen LogP contribution is -1.92. The molecule has 0 bridgehead atoms. The van der Waals surface area contributed by atoms with Crippen molar-refractivity contribution in [3.05, 3.63) is 64.6 Å². The van der Waals surface area contributed by atoms with Gasteiger partial charge in [-0.3, -0.25) is 0 Å². The molecule has 2 N–H and O–H groups in total. The number of rotatable bonds is 3. The Morgan fingerprint density at radius 2 is 1.77 bits per heavy atom. The van der Waals surface area contributed by atoms with E-state index in [2.05, 4.69) is 4.98 Å². The second-order valence-corrected chi connectivity index (χ2v) is 6.63. The summed E-state index contributed by atoms with van der Waals surface area (Å²) >= 11 is 12.3. The Bertz CT molecular complexity index is 1120. The van der Waals surface area contributed by atoms with Gasteiger partial charge < -0.3 is 14.9 Å². The van der Waals surface area contributed by atoms with E-state index in [0.717, 1.165) is 22.2 Å². The minimum atomic E-state index is 0.494. The summed E-state index contributed by atoms with van der Waals surface area (Å²) in [4.78, 5) is 4.58. The molecule has 0 saturated carbocycles. The number of benzene rings is 3. The Labute approximate surface area is 160 Å². The van der Waals surface area contributed by atoms with Crippen LogP contribution in [0, 0.1) is 0 Å². The largest absolute Gasteiger partial charge is 0.495 e. The number of methoxy groups -OCH3 is 1. The van der Waals surface area contributed by atoms with Gasteiger partial charge in [0.2, 0.25) is 5.89 Å². The zero-order valence-corrected chi connectivity index (χ0v) is 15.3. The van der Waals surface area contributed by atoms with Gasteiger partial charge in [0.15, 0.2) is 5.58 Å². The number of oxazole rings is 1. The predicted molar refractivity (Wildman–Crippen MR) is 106 cm³/mol. The average Bonchev–Trinajstić information content (AvgIpc) is 3.05. The molecular weight excluding hydrogens is 371 g/mol. The van der Waals surface area contributed by atoms with E-state index in [9.17, 15) is 0 Å². The molecule has 0 aliphatic carbocycles. The smallest absolute Gasteiger partial charge is 0.227 e. The summed E-state index contributed by atoms with van der Waals surface area (Å²) in [5.74, 6) is 1.11. The molecule has 26 heavy (non-hydrogen) atoms. The molecule has 4 rings (SSSR count). The van der Waals surface area contributed by atoms with Crippen molar-refractivity contribution in [2.75, 3.05) is 12.8 Å². The number of nitrogen functional groups attached to an aromatic ring is 1. The minimum absolute atomic E-state index is 0.494. The number of hydrogen-bond acceptors (Lipinski definition) is 4. The molecule has 0 atom stereocenters. The standard InChI is InChI=1S/C20H14Cl2N2O2/c1-25-18-6-3-12(8-16(18)23)20-24-17-9-11(2-7-19(17)26-20)14-5-4-13(21)10-15(14)22/h2-10H,23H2,1H3. The monoisotopic (exact) mass is 384 g/mol. The van der Waals surface area contributed by atoms with Crippen molar-refractivity contribution in [1.29, 1.82) is 0 Å². The molecule has 0 unspecified atom stereocenters. The number of nitrogens with zero attached hydrogens (tertiary/aromatic N) is 1. The third kappa shape index (κ3) is 2.98. The van der Waals surface area contributed by atoms with Gasteiger partial charge in [-0.15, -0.1) is 0 Å². The SMILES string of the molecule is COc1ccc(-c2nc3cc(-c4ccc(Cl)cc4Cl)ccc3o2)cc1N. The molecule has 6 heteroatoms. The van der Waals surface area contributed by atoms with Crippen molar-refractivity contribution in [3.63, 3.8) is 0 Å². The first-order valence-electron chi connectivity index (χ1n) is 7.85. The first-order valence-corrected chi connectivity index (χ1v) is 8.60. The third-order valence-corrected chi connectivity index (χ3v) is 4.65. The van der Waals surface area contributed by atoms with Crippen molar-refractivity contribution in [1.82, 2.24) is 4.98 Å². The molecule has 0 amide bonds. The number of ether oxygens (including phenoxy) is 1. The zero-order valence-electron chi connectivity index (χ0n) is 13.8. The molecule has 1 heterocycles. The number of nitrogens with two attached hydrogens (primary N) is 1. The lowest BCUT2D eigenvalue weighted by atomic mass is 10.1. The van der Waals surface area contributed by atoms with Crippen molar-refractivity contribution in [2.24, 2.45) is 0 Å². The van der Waals surface area contributed by atoms with Crippen LogP contribution >= 0.6 is 23.2 Å². The van der Waals surface area contributed by atoms with Gasteiger partial charge in [0.05, 0.1) is 12.8 Å². The topological polar surface area (TPSA) is 61.3 Å². The molecule has 0 aliphatic heterocycles. The van der Waals surface area contributed by atoms with Crippen molar-refractivity contribution < 1.29 is 9.15 Å². The summed E-state index contributed by atoms with van der Waals surface area (Å²) in [5.41, 5.74) is 10.5. The van der Waals surface area contributed by atoms with E-state index in [1.807, 2.05) is 30.3 Å². The fourth-order valence-electron chi connectivity index (χ4n) is 2.81. The van der Waals surface area contributed by atoms with Gasteiger partial charge >= 0.3 is 0 Å². The lowest BCUT2D eigenvalue weighted by molar-refractivity contribution is 0.417. The molecule has 0 radical (unpaired) electrons. The van der Waals surface area contributed by atoms with E-state index in [0.29, 0.717) is 33.0 Å². The Kier molecular flexibility index (Phi) is 4.23. The zero-order chi connectivity index (χ0) is 18.3. The predicted octanol–water partition coefficient (Wildman–Crippen LogP) is 6.06. The van der Waals surface area contributed by atoms with Gasteiger partial charge in [0.25, 0.3) is 0 Å². The molecule has 130 valence electrons. The van der Waals surface area contributed by atoms with Gasteiger partial charge in [-0.05, 0) is 48.0 Å². The van der Waals surface area contributed by atoms with E-state index in [1.165, 1.54) is 0 Å². The van der Waals surface area contributed by atoms with Gasteiger partial charge in [-0.25, -0.2) is 4.98 Å². The van der Waals surface area contributed by atoms with E-state index in [1.54, 1.807) is 31.4 Å². The molecule has 0 aliphatic rings. The highest BCUT2D eigenvalue weighted by atomic mass is 35.5. The van der Waals surface area contributed by atoms with E-state index < -0.39 is 0 Å². The summed E-state index contributed by atoms with van der Waals surface area (Å²) in [6, 6.07) is 16.6. The molecule has 0 saturated heterocycles. The van der Waals surface area contributed by atoms with Gasteiger partial charge in [-0.2, -0.15) is 0 Å². The normalized spacial score (nSPS) is 11.0. The lowest BCUT2D eigenvalue weighted by Gasteiger charge is -2.04. The quantitative estimate of drug-likeness (QED) is 0.436. The maximum absolute atomic E-state index is 6.31. The second kappa shape index (κ2) is 6.56. The van der Waals surface area contributed by atoms with Crippen LogP contribution < -0.4 is 10.5 Å². The summed E-state index contributed by atoms with van der Waals surface area (Å²) in [6.45, 7) is 0. The molecule has 4 aromatic rings. The number of aromatic nitrogens is 1. The molecule has 3 aromatic carbocycles. The Balaban J connectivity index is 1.77. The van der Waals surface area contributed by atoms with Crippen LogP contribution in [0.1, 0.15) is 0 Å². The summed E-state index contributed by atoms with van der Waals surface area (Å²) < 4.78 is 11.0. The summed E-state index contributed by atoms with van der Waals surface area (Å²) in [5, 5.41) is 1.18. The Hall–Kier alpha value is -2.69.